The fraction of sp³-hybridized carbons (Fsp3) is 0.378. The van der Waals surface area contributed by atoms with Crippen molar-refractivity contribution in [3.8, 4) is 17.1 Å². The number of fused-ring (bicyclic) bond motifs is 1. The van der Waals surface area contributed by atoms with E-state index >= 15 is 0 Å². The van der Waals surface area contributed by atoms with Crippen LogP contribution in [0.3, 0.4) is 0 Å². The molecule has 1 unspecified atom stereocenters. The number of carbonyl (C=O) groups is 4. The van der Waals surface area contributed by atoms with Crippen LogP contribution in [0.2, 0.25) is 0 Å². The summed E-state index contributed by atoms with van der Waals surface area (Å²) in [6.07, 6.45) is 7.68. The first kappa shape index (κ1) is 42.1. The van der Waals surface area contributed by atoms with Crippen LogP contribution in [0.5, 0.6) is 0 Å². The zero-order valence-corrected chi connectivity index (χ0v) is 34.1. The molecule has 2 saturated carbocycles. The maximum atomic E-state index is 14.1. The van der Waals surface area contributed by atoms with E-state index < -0.39 is 29.8 Å². The normalized spacial score (nSPS) is 15.5. The van der Waals surface area contributed by atoms with Gasteiger partial charge in [-0.2, -0.15) is 5.10 Å². The number of alkyl halides is 2. The second-order valence-electron chi connectivity index (χ2n) is 15.8. The highest BCUT2D eigenvalue weighted by Gasteiger charge is 2.32. The van der Waals surface area contributed by atoms with Crippen LogP contribution in [0.15, 0.2) is 86.9 Å². The minimum atomic E-state index is -2.99. The Morgan fingerprint density at radius 3 is 2.60 bits per heavy atom. The Labute approximate surface area is 354 Å². The average Bonchev–Trinajstić information content (AvgIpc) is 3.61. The third-order valence-electron chi connectivity index (χ3n) is 11.2. The summed E-state index contributed by atoms with van der Waals surface area (Å²) in [5.74, 6) is -1.02. The number of amides is 2. The molecule has 1 N–H and O–H groups in total. The number of oxazole rings is 2. The molecule has 4 heterocycles. The van der Waals surface area contributed by atoms with Crippen LogP contribution in [-0.4, -0.2) is 79.4 Å². The van der Waals surface area contributed by atoms with Gasteiger partial charge >= 0.3 is 5.76 Å². The summed E-state index contributed by atoms with van der Waals surface area (Å²) in [5.41, 5.74) is 3.20. The molecule has 62 heavy (non-hydrogen) atoms. The first-order chi connectivity index (χ1) is 30.0. The van der Waals surface area contributed by atoms with E-state index in [-0.39, 0.29) is 54.0 Å². The van der Waals surface area contributed by atoms with Crippen LogP contribution < -0.4 is 11.1 Å². The summed E-state index contributed by atoms with van der Waals surface area (Å²) >= 11 is 0. The van der Waals surface area contributed by atoms with Crippen LogP contribution in [0.25, 0.3) is 28.2 Å². The minimum Gasteiger partial charge on any atom is -0.444 e. The molecule has 2 amide bonds. The zero-order chi connectivity index (χ0) is 43.3. The number of Topliss-reactive ketones (excluding diaryl/α,β-unsaturated/α-hetero) is 2. The molecule has 0 saturated heterocycles. The highest BCUT2D eigenvalue weighted by molar-refractivity contribution is 6.04. The molecule has 8 rings (SSSR count). The lowest BCUT2D eigenvalue weighted by Crippen LogP contribution is -2.32. The minimum absolute atomic E-state index is 0.0896. The largest absolute Gasteiger partial charge is 0.444 e. The van der Waals surface area contributed by atoms with Crippen molar-refractivity contribution in [1.82, 2.24) is 29.2 Å². The maximum Gasteiger partial charge on any atom is 0.420 e. The molecule has 1 atom stereocenters. The zero-order valence-electron chi connectivity index (χ0n) is 34.1. The molecule has 4 aromatic heterocycles. The number of ketones is 2. The summed E-state index contributed by atoms with van der Waals surface area (Å²) in [6.45, 7) is 1.26. The van der Waals surface area contributed by atoms with Gasteiger partial charge in [-0.1, -0.05) is 25.0 Å². The van der Waals surface area contributed by atoms with Gasteiger partial charge in [-0.3, -0.25) is 28.7 Å². The fourth-order valence-electron chi connectivity index (χ4n) is 7.67. The smallest absolute Gasteiger partial charge is 0.420 e. The van der Waals surface area contributed by atoms with Crippen molar-refractivity contribution < 1.29 is 41.5 Å². The van der Waals surface area contributed by atoms with Crippen LogP contribution in [0.1, 0.15) is 102 Å². The number of halogens is 2. The second kappa shape index (κ2) is 18.6. The highest BCUT2D eigenvalue weighted by atomic mass is 19.3. The van der Waals surface area contributed by atoms with E-state index in [1.54, 1.807) is 54.5 Å². The van der Waals surface area contributed by atoms with E-state index in [1.807, 2.05) is 18.2 Å². The third kappa shape index (κ3) is 9.62. The molecule has 2 aromatic carbocycles. The number of pyridine rings is 1. The predicted octanol–water partition coefficient (Wildman–Crippen LogP) is 7.34. The van der Waals surface area contributed by atoms with Gasteiger partial charge in [0.15, 0.2) is 22.8 Å². The molecule has 6 aromatic rings. The Kier molecular flexibility index (Phi) is 12.6. The SMILES string of the molecule is CN(CCCOCCCc1cccc2c1oc(=O)n2C1CCC(=O)CC1=O)C(=O)c1ccc(-n2cc(NC(=O)c3coc(-c4ccnc(CCC5CC5)c4)n3)c(C(F)F)n2)cc1. The predicted molar refractivity (Wildman–Crippen MR) is 221 cm³/mol. The number of hydrogen-bond donors (Lipinski definition) is 1. The first-order valence-corrected chi connectivity index (χ1v) is 20.7. The number of anilines is 1. The number of carbonyl (C=O) groups excluding carboxylic acids is 4. The molecular weight excluding hydrogens is 805 g/mol. The van der Waals surface area contributed by atoms with E-state index in [1.165, 1.54) is 34.6 Å². The topological polar surface area (TPSA) is 185 Å². The molecule has 2 aliphatic rings. The summed E-state index contributed by atoms with van der Waals surface area (Å²) < 4.78 is 47.7. The monoisotopic (exact) mass is 849 g/mol. The number of para-hydroxylation sites is 1. The van der Waals surface area contributed by atoms with Crippen molar-refractivity contribution in [3.63, 3.8) is 0 Å². The van der Waals surface area contributed by atoms with Crippen LogP contribution in [-0.2, 0) is 27.2 Å². The molecule has 2 fully saturated rings. The van der Waals surface area contributed by atoms with E-state index in [0.717, 1.165) is 30.0 Å². The van der Waals surface area contributed by atoms with Crippen LogP contribution in [0.4, 0.5) is 14.5 Å². The number of nitrogens with zero attached hydrogens (tertiary/aromatic N) is 6. The second-order valence-corrected chi connectivity index (χ2v) is 15.8. The van der Waals surface area contributed by atoms with Crippen molar-refractivity contribution in [2.45, 2.75) is 76.7 Å². The lowest BCUT2D eigenvalue weighted by molar-refractivity contribution is -0.132. The van der Waals surface area contributed by atoms with Gasteiger partial charge in [-0.15, -0.1) is 0 Å². The quantitative estimate of drug-likeness (QED) is 0.0674. The molecule has 0 radical (unpaired) electrons. The Morgan fingerprint density at radius 2 is 1.82 bits per heavy atom. The van der Waals surface area contributed by atoms with Gasteiger partial charge in [0, 0.05) is 56.2 Å². The van der Waals surface area contributed by atoms with E-state index in [9.17, 15) is 32.8 Å². The van der Waals surface area contributed by atoms with Crippen LogP contribution in [0, 0.1) is 5.92 Å². The molecule has 0 bridgehead atoms. The van der Waals surface area contributed by atoms with Gasteiger partial charge in [-0.25, -0.2) is 23.2 Å². The number of ether oxygens (including phenoxy) is 1. The van der Waals surface area contributed by atoms with Crippen molar-refractivity contribution in [2.24, 2.45) is 5.92 Å². The van der Waals surface area contributed by atoms with E-state index in [4.69, 9.17) is 13.6 Å². The number of aryl methyl sites for hydroxylation is 2. The number of rotatable bonds is 18. The number of aromatic nitrogens is 5. The van der Waals surface area contributed by atoms with Crippen molar-refractivity contribution in [2.75, 3.05) is 32.1 Å². The Hall–Kier alpha value is -6.62. The summed E-state index contributed by atoms with van der Waals surface area (Å²) in [4.78, 5) is 73.5. The average molecular weight is 850 g/mol. The van der Waals surface area contributed by atoms with Crippen molar-refractivity contribution in [3.05, 3.63) is 112 Å². The number of nitrogens with one attached hydrogen (secondary N) is 1. The Balaban J connectivity index is 0.798. The molecular formula is C45H45F2N7O8. The van der Waals surface area contributed by atoms with Crippen molar-refractivity contribution >= 4 is 40.2 Å². The molecule has 0 spiro atoms. The summed E-state index contributed by atoms with van der Waals surface area (Å²) in [5, 5.41) is 6.50. The summed E-state index contributed by atoms with van der Waals surface area (Å²) in [6, 6.07) is 14.6. The molecule has 322 valence electrons. The van der Waals surface area contributed by atoms with E-state index in [0.29, 0.717) is 66.9 Å². The van der Waals surface area contributed by atoms with Gasteiger partial charge in [-0.05, 0) is 92.5 Å². The van der Waals surface area contributed by atoms with E-state index in [2.05, 4.69) is 20.4 Å². The van der Waals surface area contributed by atoms with Crippen LogP contribution >= 0.6 is 0 Å². The molecule has 2 aliphatic carbocycles. The molecule has 17 heteroatoms. The summed E-state index contributed by atoms with van der Waals surface area (Å²) in [7, 11) is 1.68. The highest BCUT2D eigenvalue weighted by Crippen LogP contribution is 2.34. The first-order valence-electron chi connectivity index (χ1n) is 20.7. The lowest BCUT2D eigenvalue weighted by Gasteiger charge is -2.20. The maximum absolute atomic E-state index is 14.1. The van der Waals surface area contributed by atoms with Gasteiger partial charge < -0.3 is 23.8 Å². The molecule has 15 nitrogen and oxygen atoms in total. The van der Waals surface area contributed by atoms with Gasteiger partial charge in [0.05, 0.1) is 35.6 Å². The Morgan fingerprint density at radius 1 is 1.02 bits per heavy atom. The lowest BCUT2D eigenvalue weighted by atomic mass is 9.92. The van der Waals surface area contributed by atoms with Crippen molar-refractivity contribution in [1.29, 1.82) is 0 Å². The van der Waals surface area contributed by atoms with Gasteiger partial charge in [0.2, 0.25) is 5.89 Å². The fourth-order valence-corrected chi connectivity index (χ4v) is 7.67. The molecule has 0 aliphatic heterocycles. The Bertz CT molecular complexity index is 2660. The van der Waals surface area contributed by atoms with Gasteiger partial charge in [0.1, 0.15) is 12.0 Å². The number of benzene rings is 2. The number of hydrogen-bond acceptors (Lipinski definition) is 11. The standard InChI is InChI=1S/C45H45F2N7O8/c1-52(20-4-22-60-21-3-6-28-5-2-7-37-40(28)62-45(59)54(37)36-17-16-33(55)24-38(36)56)44(58)29-11-14-32(15-12-29)53-25-34(39(51-53)41(46)47)49-42(57)35-26-61-43(50-35)30-18-19-48-31(23-30)13-10-27-8-9-27/h2,5,7,11-12,14-15,18-19,23,25-27,36,41H,3-4,6,8-10,13,16-17,20-22,24H2,1H3,(H,49,57). The third-order valence-corrected chi connectivity index (χ3v) is 11.2. The van der Waals surface area contributed by atoms with Gasteiger partial charge in [0.25, 0.3) is 18.2 Å².